The van der Waals surface area contributed by atoms with Crippen molar-refractivity contribution in [3.8, 4) is 0 Å². The number of nitrogens with zero attached hydrogens (tertiary/aromatic N) is 1. The van der Waals surface area contributed by atoms with E-state index in [1.807, 2.05) is 0 Å². The summed E-state index contributed by atoms with van der Waals surface area (Å²) in [6, 6.07) is 6.03. The summed E-state index contributed by atoms with van der Waals surface area (Å²) in [5, 5.41) is 18.7. The van der Waals surface area contributed by atoms with Crippen LogP contribution >= 0.6 is 11.6 Å². The number of alkyl halides is 1. The van der Waals surface area contributed by atoms with Gasteiger partial charge in [0.05, 0.1) is 11.1 Å². The average Bonchev–Trinajstić information content (AvgIpc) is 2.34. The summed E-state index contributed by atoms with van der Waals surface area (Å²) in [5.41, 5.74) is 0.821. The molecule has 0 saturated carbocycles. The van der Waals surface area contributed by atoms with Gasteiger partial charge in [-0.3, -0.25) is 5.21 Å². The molecule has 1 aromatic rings. The van der Waals surface area contributed by atoms with Crippen LogP contribution in [-0.4, -0.2) is 23.2 Å². The van der Waals surface area contributed by atoms with E-state index in [1.54, 1.807) is 19.1 Å². The molecule has 1 N–H and O–H groups in total. The van der Waals surface area contributed by atoms with Gasteiger partial charge in [-0.2, -0.15) is 0 Å². The van der Waals surface area contributed by atoms with Crippen LogP contribution in [0.15, 0.2) is 30.3 Å². The Bertz CT molecular complexity index is 415. The lowest BCUT2D eigenvalue weighted by molar-refractivity contribution is -0.137. The number of esters is 1. The van der Waals surface area contributed by atoms with Crippen LogP contribution < -0.4 is 5.23 Å². The van der Waals surface area contributed by atoms with Gasteiger partial charge in [0.15, 0.2) is 0 Å². The summed E-state index contributed by atoms with van der Waals surface area (Å²) >= 11 is 5.63. The van der Waals surface area contributed by atoms with Gasteiger partial charge in [-0.25, -0.2) is 4.79 Å². The van der Waals surface area contributed by atoms with Crippen molar-refractivity contribution in [2.45, 2.75) is 12.3 Å². The highest BCUT2D eigenvalue weighted by atomic mass is 35.5. The highest BCUT2D eigenvalue weighted by Gasteiger charge is 2.00. The molecule has 98 valence electrons. The fraction of sp³-hybridized carbons (Fsp3) is 0.250. The Morgan fingerprint density at radius 1 is 1.56 bits per heavy atom. The second-order valence-electron chi connectivity index (χ2n) is 3.61. The molecule has 0 aliphatic heterocycles. The molecule has 0 radical (unpaired) electrons. The van der Waals surface area contributed by atoms with Crippen molar-refractivity contribution in [2.24, 2.45) is 0 Å². The Morgan fingerprint density at radius 2 is 2.17 bits per heavy atom. The van der Waals surface area contributed by atoms with E-state index in [9.17, 15) is 10.0 Å². The molecule has 0 fully saturated rings. The molecule has 6 heteroatoms. The van der Waals surface area contributed by atoms with Crippen LogP contribution in [0.5, 0.6) is 0 Å². The third-order valence-corrected chi connectivity index (χ3v) is 2.11. The van der Waals surface area contributed by atoms with Gasteiger partial charge < -0.3 is 15.2 Å². The molecule has 0 heterocycles. The Balaban J connectivity index is 2.53. The van der Waals surface area contributed by atoms with Crippen molar-refractivity contribution in [3.63, 3.8) is 0 Å². The molecule has 0 amide bonds. The first-order chi connectivity index (χ1) is 8.49. The second-order valence-corrected chi connectivity index (χ2v) is 4.35. The van der Waals surface area contributed by atoms with Crippen molar-refractivity contribution >= 4 is 29.3 Å². The van der Waals surface area contributed by atoms with Gasteiger partial charge in [-0.1, -0.05) is 12.1 Å². The zero-order chi connectivity index (χ0) is 13.5. The predicted octanol–water partition coefficient (Wildman–Crippen LogP) is 2.56. The third kappa shape index (κ3) is 5.18. The van der Waals surface area contributed by atoms with E-state index in [2.05, 4.69) is 0 Å². The van der Waals surface area contributed by atoms with Gasteiger partial charge >= 0.3 is 5.97 Å². The van der Waals surface area contributed by atoms with Gasteiger partial charge in [0, 0.05) is 6.08 Å². The van der Waals surface area contributed by atoms with E-state index >= 15 is 0 Å². The summed E-state index contributed by atoms with van der Waals surface area (Å²) in [4.78, 5) is 11.2. The van der Waals surface area contributed by atoms with Crippen LogP contribution in [0.2, 0.25) is 0 Å². The minimum atomic E-state index is -0.487. The van der Waals surface area contributed by atoms with Crippen molar-refractivity contribution in [2.75, 3.05) is 11.8 Å². The summed E-state index contributed by atoms with van der Waals surface area (Å²) in [6.45, 7) is 1.88. The normalized spacial score (nSPS) is 12.4. The third-order valence-electron chi connectivity index (χ3n) is 1.98. The van der Waals surface area contributed by atoms with Crippen LogP contribution in [0.4, 0.5) is 5.69 Å². The zero-order valence-corrected chi connectivity index (χ0v) is 10.5. The Hall–Kier alpha value is -1.56. The SMILES string of the molecule is C[C@H](Cl)COC(=O)/C=C/c1ccc(N([O-])O)cc1. The molecule has 0 bridgehead atoms. The number of carbonyl (C=O) groups excluding carboxylic acids is 1. The Labute approximate surface area is 110 Å². The van der Waals surface area contributed by atoms with Crippen molar-refractivity contribution in [3.05, 3.63) is 41.1 Å². The summed E-state index contributed by atoms with van der Waals surface area (Å²) in [6.07, 6.45) is 2.81. The molecule has 1 rings (SSSR count). The molecule has 0 aromatic heterocycles. The zero-order valence-electron chi connectivity index (χ0n) is 9.75. The van der Waals surface area contributed by atoms with E-state index in [0.29, 0.717) is 5.56 Å². The topological polar surface area (TPSA) is 72.8 Å². The fourth-order valence-corrected chi connectivity index (χ4v) is 1.19. The van der Waals surface area contributed by atoms with Gasteiger partial charge in [-0.05, 0) is 30.7 Å². The van der Waals surface area contributed by atoms with Crippen LogP contribution in [0.3, 0.4) is 0 Å². The number of hydrogen-bond donors (Lipinski definition) is 1. The maximum Gasteiger partial charge on any atom is 0.330 e. The van der Waals surface area contributed by atoms with Crippen molar-refractivity contribution in [1.29, 1.82) is 0 Å². The number of benzene rings is 1. The molecule has 1 atom stereocenters. The van der Waals surface area contributed by atoms with Gasteiger partial charge in [-0.15, -0.1) is 11.6 Å². The lowest BCUT2D eigenvalue weighted by Crippen LogP contribution is -2.09. The molecule has 0 aliphatic carbocycles. The van der Waals surface area contributed by atoms with Crippen LogP contribution in [0.25, 0.3) is 6.08 Å². The highest BCUT2D eigenvalue weighted by Crippen LogP contribution is 2.13. The summed E-state index contributed by atoms with van der Waals surface area (Å²) in [7, 11) is 0. The number of hydrogen-bond acceptors (Lipinski definition) is 5. The first-order valence-corrected chi connectivity index (χ1v) is 5.68. The quantitative estimate of drug-likeness (QED) is 0.385. The minimum Gasteiger partial charge on any atom is -0.733 e. The smallest absolute Gasteiger partial charge is 0.330 e. The number of rotatable bonds is 5. The summed E-state index contributed by atoms with van der Waals surface area (Å²) < 4.78 is 4.83. The van der Waals surface area contributed by atoms with Crippen LogP contribution in [0.1, 0.15) is 12.5 Å². The first-order valence-electron chi connectivity index (χ1n) is 5.24. The predicted molar refractivity (Wildman–Crippen MR) is 69.4 cm³/mol. The van der Waals surface area contributed by atoms with Gasteiger partial charge in [0.2, 0.25) is 0 Å². The summed E-state index contributed by atoms with van der Waals surface area (Å²) in [5.74, 6) is -0.487. The number of ether oxygens (including phenoxy) is 1. The molecular weight excluding hydrogens is 258 g/mol. The minimum absolute atomic E-state index is 0.116. The molecule has 0 spiro atoms. The van der Waals surface area contributed by atoms with E-state index < -0.39 is 5.97 Å². The van der Waals surface area contributed by atoms with Gasteiger partial charge in [0.25, 0.3) is 0 Å². The highest BCUT2D eigenvalue weighted by molar-refractivity contribution is 6.20. The lowest BCUT2D eigenvalue weighted by atomic mass is 10.2. The molecule has 0 unspecified atom stereocenters. The maximum atomic E-state index is 11.2. The van der Waals surface area contributed by atoms with E-state index in [0.717, 1.165) is 0 Å². The van der Waals surface area contributed by atoms with Crippen LogP contribution in [0, 0.1) is 5.21 Å². The number of halogens is 1. The maximum absolute atomic E-state index is 11.2. The monoisotopic (exact) mass is 270 g/mol. The van der Waals surface area contributed by atoms with Crippen molar-refractivity contribution < 1.29 is 14.7 Å². The Morgan fingerprint density at radius 3 is 2.67 bits per heavy atom. The average molecular weight is 271 g/mol. The molecule has 0 aliphatic rings. The standard InChI is InChI=1S/C12H13ClNO4/c1-9(13)8-18-12(15)7-4-10-2-5-11(6-3-10)14(16)17/h2-7,9,16H,8H2,1H3/q-1/b7-4+/t9-/m0/s1. The second kappa shape index (κ2) is 7.00. The molecular formula is C12H13ClNO4-. The van der Waals surface area contributed by atoms with Crippen molar-refractivity contribution in [1.82, 2.24) is 0 Å². The number of anilines is 1. The first kappa shape index (κ1) is 14.5. The van der Waals surface area contributed by atoms with E-state index in [-0.39, 0.29) is 22.9 Å². The van der Waals surface area contributed by atoms with E-state index in [1.165, 1.54) is 24.3 Å². The largest absolute Gasteiger partial charge is 0.733 e. The molecule has 1 aromatic carbocycles. The van der Waals surface area contributed by atoms with Gasteiger partial charge in [0.1, 0.15) is 6.61 Å². The van der Waals surface area contributed by atoms with Crippen LogP contribution in [-0.2, 0) is 9.53 Å². The molecule has 18 heavy (non-hydrogen) atoms. The Kier molecular flexibility index (Phi) is 5.64. The fourth-order valence-electron chi connectivity index (χ4n) is 1.12. The molecule has 5 nitrogen and oxygen atoms in total. The molecule has 0 saturated heterocycles. The lowest BCUT2D eigenvalue weighted by Gasteiger charge is -2.21. The van der Waals surface area contributed by atoms with E-state index in [4.69, 9.17) is 21.5 Å². The number of carbonyl (C=O) groups is 1.